The van der Waals surface area contributed by atoms with Crippen LogP contribution >= 0.6 is 11.8 Å². The van der Waals surface area contributed by atoms with Crippen LogP contribution in [0, 0.1) is 0 Å². The van der Waals surface area contributed by atoms with E-state index in [9.17, 15) is 4.79 Å². The van der Waals surface area contributed by atoms with E-state index in [0.717, 1.165) is 29.8 Å². The highest BCUT2D eigenvalue weighted by Gasteiger charge is 2.21. The van der Waals surface area contributed by atoms with E-state index in [1.165, 1.54) is 17.3 Å². The molecular weight excluding hydrogens is 398 g/mol. The Balaban J connectivity index is 1.43. The van der Waals surface area contributed by atoms with Crippen molar-refractivity contribution in [1.29, 1.82) is 0 Å². The number of carbonyl (C=O) groups is 1. The molecule has 1 aliphatic heterocycles. The van der Waals surface area contributed by atoms with Gasteiger partial charge in [0, 0.05) is 19.6 Å². The Morgan fingerprint density at radius 1 is 0.967 bits per heavy atom. The Hall–Kier alpha value is -2.84. The number of ether oxygens (including phenoxy) is 1. The lowest BCUT2D eigenvalue weighted by Gasteiger charge is -2.28. The molecule has 1 amide bonds. The normalized spacial score (nSPS) is 13.9. The van der Waals surface area contributed by atoms with Gasteiger partial charge in [0.2, 0.25) is 11.9 Å². The van der Waals surface area contributed by atoms with Gasteiger partial charge >= 0.3 is 0 Å². The van der Waals surface area contributed by atoms with Crippen LogP contribution in [0.5, 0.6) is 0 Å². The summed E-state index contributed by atoms with van der Waals surface area (Å²) >= 11 is 1.41. The molecule has 8 heteroatoms. The van der Waals surface area contributed by atoms with Gasteiger partial charge in [0.25, 0.3) is 0 Å². The Bertz CT molecular complexity index is 943. The topological polar surface area (TPSA) is 72.3 Å². The van der Waals surface area contributed by atoms with Gasteiger partial charge in [0.1, 0.15) is 0 Å². The largest absolute Gasteiger partial charge is 0.378 e. The van der Waals surface area contributed by atoms with Crippen molar-refractivity contribution in [3.05, 3.63) is 71.8 Å². The van der Waals surface area contributed by atoms with Gasteiger partial charge < -0.3 is 15.0 Å². The number of benzene rings is 2. The number of carbonyl (C=O) groups excluding carboxylic acids is 1. The van der Waals surface area contributed by atoms with Crippen molar-refractivity contribution >= 4 is 23.6 Å². The minimum Gasteiger partial charge on any atom is -0.378 e. The molecule has 2 heterocycles. The maximum Gasteiger partial charge on any atom is 0.230 e. The second-order valence-corrected chi connectivity index (χ2v) is 7.95. The summed E-state index contributed by atoms with van der Waals surface area (Å²) < 4.78 is 7.56. The van der Waals surface area contributed by atoms with Crippen molar-refractivity contribution in [3.63, 3.8) is 0 Å². The fourth-order valence-electron chi connectivity index (χ4n) is 3.27. The molecule has 2 aromatic carbocycles. The number of morpholine rings is 1. The second-order valence-electron chi connectivity index (χ2n) is 7.00. The molecule has 0 aliphatic carbocycles. The Morgan fingerprint density at radius 2 is 1.63 bits per heavy atom. The zero-order chi connectivity index (χ0) is 20.6. The van der Waals surface area contributed by atoms with Gasteiger partial charge in [-0.2, -0.15) is 0 Å². The summed E-state index contributed by atoms with van der Waals surface area (Å²) in [5.74, 6) is 1.10. The summed E-state index contributed by atoms with van der Waals surface area (Å²) in [7, 11) is 0. The van der Waals surface area contributed by atoms with Crippen LogP contribution < -0.4 is 10.2 Å². The van der Waals surface area contributed by atoms with Gasteiger partial charge in [0.05, 0.1) is 25.5 Å². The SMILES string of the molecule is O=C(CSc1nnc(N2CCOCC2)n1Cc1ccccc1)NCc1ccccc1. The lowest BCUT2D eigenvalue weighted by atomic mass is 10.2. The Labute approximate surface area is 180 Å². The average Bonchev–Trinajstić information content (AvgIpc) is 3.20. The van der Waals surface area contributed by atoms with E-state index in [0.29, 0.717) is 32.1 Å². The number of hydrogen-bond donors (Lipinski definition) is 1. The molecule has 0 bridgehead atoms. The summed E-state index contributed by atoms with van der Waals surface area (Å²) in [5.41, 5.74) is 2.25. The number of thioether (sulfide) groups is 1. The third-order valence-electron chi connectivity index (χ3n) is 4.84. The molecule has 0 atom stereocenters. The van der Waals surface area contributed by atoms with Gasteiger partial charge in [-0.3, -0.25) is 9.36 Å². The molecule has 1 aromatic heterocycles. The second kappa shape index (κ2) is 10.3. The first kappa shape index (κ1) is 20.4. The zero-order valence-corrected chi connectivity index (χ0v) is 17.6. The Kier molecular flexibility index (Phi) is 6.99. The fraction of sp³-hybridized carbons (Fsp3) is 0.318. The van der Waals surface area contributed by atoms with Crippen molar-refractivity contribution in [2.24, 2.45) is 0 Å². The molecule has 30 heavy (non-hydrogen) atoms. The minimum absolute atomic E-state index is 0.0222. The van der Waals surface area contributed by atoms with Crippen molar-refractivity contribution < 1.29 is 9.53 Å². The van der Waals surface area contributed by atoms with Crippen LogP contribution in [0.3, 0.4) is 0 Å². The predicted molar refractivity (Wildman–Crippen MR) is 118 cm³/mol. The number of hydrogen-bond acceptors (Lipinski definition) is 6. The molecule has 3 aromatic rings. The third kappa shape index (κ3) is 5.40. The standard InChI is InChI=1S/C22H25N5O2S/c28-20(23-15-18-7-3-1-4-8-18)17-30-22-25-24-21(26-11-13-29-14-12-26)27(22)16-19-9-5-2-6-10-19/h1-10H,11-17H2,(H,23,28). The van der Waals surface area contributed by atoms with E-state index < -0.39 is 0 Å². The Morgan fingerprint density at radius 3 is 2.33 bits per heavy atom. The highest BCUT2D eigenvalue weighted by atomic mass is 32.2. The quantitative estimate of drug-likeness (QED) is 0.562. The average molecular weight is 424 g/mol. The van der Waals surface area contributed by atoms with Crippen LogP contribution in [-0.4, -0.2) is 52.7 Å². The van der Waals surface area contributed by atoms with Gasteiger partial charge in [0.15, 0.2) is 5.16 Å². The van der Waals surface area contributed by atoms with E-state index >= 15 is 0 Å². The monoisotopic (exact) mass is 423 g/mol. The first-order valence-electron chi connectivity index (χ1n) is 10.0. The van der Waals surface area contributed by atoms with Gasteiger partial charge in [-0.25, -0.2) is 0 Å². The number of rotatable bonds is 8. The predicted octanol–water partition coefficient (Wildman–Crippen LogP) is 2.57. The molecule has 4 rings (SSSR count). The lowest BCUT2D eigenvalue weighted by Crippen LogP contribution is -2.38. The first-order chi connectivity index (χ1) is 14.8. The van der Waals surface area contributed by atoms with Crippen molar-refractivity contribution in [2.75, 3.05) is 37.0 Å². The summed E-state index contributed by atoms with van der Waals surface area (Å²) in [6.45, 7) is 4.12. The fourth-order valence-corrected chi connectivity index (χ4v) is 4.03. The summed E-state index contributed by atoms with van der Waals surface area (Å²) in [6.07, 6.45) is 0. The van der Waals surface area contributed by atoms with E-state index in [4.69, 9.17) is 4.74 Å². The van der Waals surface area contributed by atoms with Gasteiger partial charge in [-0.1, -0.05) is 72.4 Å². The van der Waals surface area contributed by atoms with Crippen LogP contribution in [0.1, 0.15) is 11.1 Å². The van der Waals surface area contributed by atoms with E-state index in [-0.39, 0.29) is 5.91 Å². The minimum atomic E-state index is -0.0222. The summed E-state index contributed by atoms with van der Waals surface area (Å²) in [5, 5.41) is 12.5. The highest BCUT2D eigenvalue weighted by molar-refractivity contribution is 7.99. The summed E-state index contributed by atoms with van der Waals surface area (Å²) in [4.78, 5) is 14.5. The third-order valence-corrected chi connectivity index (χ3v) is 5.81. The number of nitrogens with one attached hydrogen (secondary N) is 1. The molecule has 0 spiro atoms. The number of amides is 1. The maximum atomic E-state index is 12.4. The van der Waals surface area contributed by atoms with Crippen LogP contribution in [0.25, 0.3) is 0 Å². The van der Waals surface area contributed by atoms with Crippen LogP contribution in [0.4, 0.5) is 5.95 Å². The molecule has 156 valence electrons. The number of nitrogens with zero attached hydrogens (tertiary/aromatic N) is 4. The molecular formula is C22H25N5O2S. The van der Waals surface area contributed by atoms with Gasteiger partial charge in [-0.15, -0.1) is 10.2 Å². The van der Waals surface area contributed by atoms with Crippen molar-refractivity contribution in [2.45, 2.75) is 18.2 Å². The molecule has 0 saturated carbocycles. The number of aromatic nitrogens is 3. The van der Waals surface area contributed by atoms with E-state index in [1.807, 2.05) is 48.5 Å². The maximum absolute atomic E-state index is 12.4. The zero-order valence-electron chi connectivity index (χ0n) is 16.7. The molecule has 7 nitrogen and oxygen atoms in total. The van der Waals surface area contributed by atoms with Crippen molar-refractivity contribution in [1.82, 2.24) is 20.1 Å². The highest BCUT2D eigenvalue weighted by Crippen LogP contribution is 2.24. The number of anilines is 1. The molecule has 1 N–H and O–H groups in total. The lowest BCUT2D eigenvalue weighted by molar-refractivity contribution is -0.118. The van der Waals surface area contributed by atoms with Crippen LogP contribution in [0.15, 0.2) is 65.8 Å². The van der Waals surface area contributed by atoms with E-state index in [1.54, 1.807) is 0 Å². The van der Waals surface area contributed by atoms with E-state index in [2.05, 4.69) is 37.1 Å². The smallest absolute Gasteiger partial charge is 0.230 e. The van der Waals surface area contributed by atoms with Crippen LogP contribution in [-0.2, 0) is 22.6 Å². The molecule has 0 unspecified atom stereocenters. The first-order valence-corrected chi connectivity index (χ1v) is 11.0. The molecule has 1 fully saturated rings. The van der Waals surface area contributed by atoms with Crippen LogP contribution in [0.2, 0.25) is 0 Å². The molecule has 1 saturated heterocycles. The molecule has 1 aliphatic rings. The van der Waals surface area contributed by atoms with Crippen molar-refractivity contribution in [3.8, 4) is 0 Å². The van der Waals surface area contributed by atoms with Gasteiger partial charge in [-0.05, 0) is 11.1 Å². The molecule has 0 radical (unpaired) electrons. The summed E-state index contributed by atoms with van der Waals surface area (Å²) in [6, 6.07) is 20.1.